The lowest BCUT2D eigenvalue weighted by Gasteiger charge is -2.30. The number of nitrogens with zero attached hydrogens (tertiary/aromatic N) is 2. The summed E-state index contributed by atoms with van der Waals surface area (Å²) in [4.78, 5) is 14.7. The number of aryl methyl sites for hydroxylation is 1. The maximum atomic E-state index is 12.3. The van der Waals surface area contributed by atoms with E-state index in [1.807, 2.05) is 30.3 Å². The van der Waals surface area contributed by atoms with Crippen LogP contribution in [0.25, 0.3) is 0 Å². The van der Waals surface area contributed by atoms with Gasteiger partial charge in [-0.15, -0.1) is 0 Å². The van der Waals surface area contributed by atoms with Crippen molar-refractivity contribution in [2.45, 2.75) is 32.6 Å². The molecule has 174 valence electrons. The van der Waals surface area contributed by atoms with Gasteiger partial charge in [0, 0.05) is 35.1 Å². The van der Waals surface area contributed by atoms with Gasteiger partial charge in [-0.05, 0) is 74.7 Å². The lowest BCUT2D eigenvalue weighted by atomic mass is 9.76. The van der Waals surface area contributed by atoms with Gasteiger partial charge >= 0.3 is 0 Å². The summed E-state index contributed by atoms with van der Waals surface area (Å²) in [7, 11) is 1.70. The number of carbonyl (C=O) groups is 1. The third-order valence-electron chi connectivity index (χ3n) is 6.41. The average Bonchev–Trinajstić information content (AvgIpc) is 3.08. The number of fused-ring (bicyclic) bond motifs is 1. The molecule has 1 atom stereocenters. The number of ether oxygens (including phenoxy) is 1. The molecule has 0 aromatic heterocycles. The highest BCUT2D eigenvalue weighted by molar-refractivity contribution is 5.94. The Labute approximate surface area is 201 Å². The van der Waals surface area contributed by atoms with Gasteiger partial charge in [-0.25, -0.2) is 5.43 Å². The van der Waals surface area contributed by atoms with Crippen LogP contribution >= 0.6 is 0 Å². The number of likely N-dealkylation sites (N-methyl/N-ethyl adjacent to an activating group) is 1. The van der Waals surface area contributed by atoms with Crippen LogP contribution in [0.15, 0.2) is 89.7 Å². The van der Waals surface area contributed by atoms with Gasteiger partial charge in [0.05, 0.1) is 7.11 Å². The summed E-state index contributed by atoms with van der Waals surface area (Å²) < 4.78 is 5.56. The van der Waals surface area contributed by atoms with Gasteiger partial charge in [0.15, 0.2) is 0 Å². The summed E-state index contributed by atoms with van der Waals surface area (Å²) in [5, 5.41) is 4.21. The third kappa shape index (κ3) is 4.60. The summed E-state index contributed by atoms with van der Waals surface area (Å²) in [6.07, 6.45) is 4.52. The molecule has 0 saturated carbocycles. The minimum Gasteiger partial charge on any atom is -0.497 e. The van der Waals surface area contributed by atoms with Crippen molar-refractivity contribution < 1.29 is 9.53 Å². The summed E-state index contributed by atoms with van der Waals surface area (Å²) in [5.41, 5.74) is 8.97. The van der Waals surface area contributed by atoms with Crippen LogP contribution in [0.3, 0.4) is 0 Å². The number of benzene rings is 3. The van der Waals surface area contributed by atoms with E-state index in [1.54, 1.807) is 25.5 Å². The van der Waals surface area contributed by atoms with Gasteiger partial charge in [0.25, 0.3) is 5.91 Å². The van der Waals surface area contributed by atoms with E-state index in [2.05, 4.69) is 72.6 Å². The van der Waals surface area contributed by atoms with Crippen LogP contribution in [-0.2, 0) is 11.8 Å². The van der Waals surface area contributed by atoms with Crippen molar-refractivity contribution in [1.82, 2.24) is 5.43 Å². The van der Waals surface area contributed by atoms with Gasteiger partial charge in [-0.3, -0.25) is 4.79 Å². The fourth-order valence-corrected chi connectivity index (χ4v) is 4.77. The molecule has 3 aromatic carbocycles. The van der Waals surface area contributed by atoms with Gasteiger partial charge in [0.2, 0.25) is 0 Å². The Balaban J connectivity index is 1.69. The first-order chi connectivity index (χ1) is 16.5. The number of hydrogen-bond acceptors (Lipinski definition) is 4. The summed E-state index contributed by atoms with van der Waals surface area (Å²) >= 11 is 0. The molecule has 1 heterocycles. The number of allylic oxidation sites excluding steroid dienone is 2. The Morgan fingerprint density at radius 2 is 1.88 bits per heavy atom. The second-order valence-corrected chi connectivity index (χ2v) is 8.76. The van der Waals surface area contributed by atoms with E-state index in [1.165, 1.54) is 22.4 Å². The zero-order chi connectivity index (χ0) is 24.1. The molecule has 3 aromatic rings. The Kier molecular flexibility index (Phi) is 6.82. The van der Waals surface area contributed by atoms with Gasteiger partial charge < -0.3 is 9.64 Å². The molecule has 0 spiro atoms. The molecule has 1 N–H and O–H groups in total. The molecule has 0 saturated heterocycles. The summed E-state index contributed by atoms with van der Waals surface area (Å²) in [6, 6.07) is 24.0. The third-order valence-corrected chi connectivity index (χ3v) is 6.41. The number of hydrazone groups is 1. The van der Waals surface area contributed by atoms with Crippen molar-refractivity contribution in [2.75, 3.05) is 18.6 Å². The predicted molar refractivity (Wildman–Crippen MR) is 139 cm³/mol. The number of carbonyl (C=O) groups excluding carboxylic acids is 1. The summed E-state index contributed by atoms with van der Waals surface area (Å²) in [5.74, 6) is 0.611. The molecule has 1 unspecified atom stereocenters. The molecule has 0 aliphatic carbocycles. The number of amides is 1. The van der Waals surface area contributed by atoms with Crippen molar-refractivity contribution in [3.05, 3.63) is 107 Å². The second kappa shape index (κ2) is 9.96. The van der Waals surface area contributed by atoms with E-state index in [9.17, 15) is 4.79 Å². The SMILES string of the molecule is CCN1/C(=C\C=N\NC(=O)c2ccccc2)C(C)(Cc2cccc(C)c2)c2cc(OC)ccc21. The Morgan fingerprint density at radius 1 is 1.09 bits per heavy atom. The van der Waals surface area contributed by atoms with Crippen LogP contribution in [0, 0.1) is 6.92 Å². The van der Waals surface area contributed by atoms with E-state index in [4.69, 9.17) is 4.74 Å². The fraction of sp³-hybridized carbons (Fsp3) is 0.241. The highest BCUT2D eigenvalue weighted by atomic mass is 16.5. The lowest BCUT2D eigenvalue weighted by Crippen LogP contribution is -2.31. The van der Waals surface area contributed by atoms with Crippen LogP contribution in [0.4, 0.5) is 5.69 Å². The molecule has 4 rings (SSSR count). The van der Waals surface area contributed by atoms with Crippen LogP contribution in [-0.4, -0.2) is 25.8 Å². The Bertz CT molecular complexity index is 1230. The molecule has 1 amide bonds. The zero-order valence-corrected chi connectivity index (χ0v) is 20.2. The van der Waals surface area contributed by atoms with E-state index in [0.717, 1.165) is 24.4 Å². The maximum Gasteiger partial charge on any atom is 0.271 e. The molecule has 0 radical (unpaired) electrons. The minimum atomic E-state index is -0.289. The normalized spacial score (nSPS) is 18.4. The fourth-order valence-electron chi connectivity index (χ4n) is 4.77. The molecule has 5 heteroatoms. The predicted octanol–water partition coefficient (Wildman–Crippen LogP) is 5.64. The number of nitrogens with one attached hydrogen (secondary N) is 1. The van der Waals surface area contributed by atoms with Crippen molar-refractivity contribution in [1.29, 1.82) is 0 Å². The molecular formula is C29H31N3O2. The van der Waals surface area contributed by atoms with E-state index >= 15 is 0 Å². The number of methoxy groups -OCH3 is 1. The van der Waals surface area contributed by atoms with Crippen LogP contribution in [0.5, 0.6) is 5.75 Å². The van der Waals surface area contributed by atoms with Gasteiger partial charge in [-0.2, -0.15) is 5.10 Å². The lowest BCUT2D eigenvalue weighted by molar-refractivity contribution is 0.0955. The van der Waals surface area contributed by atoms with Crippen LogP contribution < -0.4 is 15.1 Å². The first-order valence-corrected chi connectivity index (χ1v) is 11.6. The number of anilines is 1. The highest BCUT2D eigenvalue weighted by Gasteiger charge is 2.43. The zero-order valence-electron chi connectivity index (χ0n) is 20.2. The standard InChI is InChI=1S/C29H31N3O2/c1-5-32-26-15-14-24(34-4)19-25(26)29(3,20-22-11-9-10-21(2)18-22)27(32)16-17-30-31-28(33)23-12-7-6-8-13-23/h6-19H,5,20H2,1-4H3,(H,31,33)/b27-16-,30-17+. The van der Waals surface area contributed by atoms with E-state index in [0.29, 0.717) is 5.56 Å². The van der Waals surface area contributed by atoms with E-state index < -0.39 is 0 Å². The quantitative estimate of drug-likeness (QED) is 0.372. The Morgan fingerprint density at radius 3 is 2.59 bits per heavy atom. The summed E-state index contributed by atoms with van der Waals surface area (Å²) in [6.45, 7) is 7.35. The number of hydrogen-bond donors (Lipinski definition) is 1. The minimum absolute atomic E-state index is 0.232. The van der Waals surface area contributed by atoms with E-state index in [-0.39, 0.29) is 11.3 Å². The van der Waals surface area contributed by atoms with Crippen LogP contribution in [0.2, 0.25) is 0 Å². The van der Waals surface area contributed by atoms with Crippen molar-refractivity contribution in [2.24, 2.45) is 5.10 Å². The largest absolute Gasteiger partial charge is 0.497 e. The second-order valence-electron chi connectivity index (χ2n) is 8.76. The van der Waals surface area contributed by atoms with Gasteiger partial charge in [-0.1, -0.05) is 48.0 Å². The Hall–Kier alpha value is -3.86. The van der Waals surface area contributed by atoms with Gasteiger partial charge in [0.1, 0.15) is 5.75 Å². The van der Waals surface area contributed by atoms with Crippen molar-refractivity contribution in [3.63, 3.8) is 0 Å². The van der Waals surface area contributed by atoms with Crippen molar-refractivity contribution >= 4 is 17.8 Å². The number of rotatable bonds is 7. The smallest absolute Gasteiger partial charge is 0.271 e. The topological polar surface area (TPSA) is 53.9 Å². The monoisotopic (exact) mass is 453 g/mol. The molecule has 1 aliphatic heterocycles. The van der Waals surface area contributed by atoms with Crippen molar-refractivity contribution in [3.8, 4) is 5.75 Å². The molecular weight excluding hydrogens is 422 g/mol. The maximum absolute atomic E-state index is 12.3. The molecule has 0 bridgehead atoms. The molecule has 0 fully saturated rings. The average molecular weight is 454 g/mol. The molecule has 34 heavy (non-hydrogen) atoms. The van der Waals surface area contributed by atoms with Crippen LogP contribution in [0.1, 0.15) is 40.9 Å². The highest BCUT2D eigenvalue weighted by Crippen LogP contribution is 2.50. The first kappa shape index (κ1) is 23.3. The molecule has 5 nitrogen and oxygen atoms in total. The molecule has 1 aliphatic rings. The first-order valence-electron chi connectivity index (χ1n) is 11.6.